The van der Waals surface area contributed by atoms with Crippen molar-refractivity contribution in [2.24, 2.45) is 0 Å². The van der Waals surface area contributed by atoms with Crippen LogP contribution in [0.2, 0.25) is 0 Å². The fourth-order valence-electron chi connectivity index (χ4n) is 1.68. The van der Waals surface area contributed by atoms with Gasteiger partial charge >= 0.3 is 0 Å². The highest BCUT2D eigenvalue weighted by molar-refractivity contribution is 6.52. The Hall–Kier alpha value is -0.670. The summed E-state index contributed by atoms with van der Waals surface area (Å²) < 4.78 is -1.70. The molecule has 0 amide bonds. The number of aliphatic hydroxyl groups is 1. The third kappa shape index (κ3) is 1.85. The third-order valence-electron chi connectivity index (χ3n) is 2.60. The quantitative estimate of drug-likeness (QED) is 0.780. The van der Waals surface area contributed by atoms with E-state index in [1.807, 2.05) is 0 Å². The molecule has 0 fully saturated rings. The molecule has 1 atom stereocenters. The molecular formula is C12H8Cl3O2. The summed E-state index contributed by atoms with van der Waals surface area (Å²) in [6.07, 6.45) is 5.29. The number of para-hydroxylation sites is 1. The first-order chi connectivity index (χ1) is 7.89. The summed E-state index contributed by atoms with van der Waals surface area (Å²) in [5, 5.41) is 20.4. The molecule has 1 aliphatic carbocycles. The van der Waals surface area contributed by atoms with Crippen molar-refractivity contribution in [2.45, 2.75) is 9.93 Å². The molecule has 0 aliphatic heterocycles. The summed E-state index contributed by atoms with van der Waals surface area (Å²) in [5.41, 5.74) is -1.75. The summed E-state index contributed by atoms with van der Waals surface area (Å²) >= 11 is 18.0. The molecule has 0 saturated carbocycles. The molecule has 1 aromatic carbocycles. The monoisotopic (exact) mass is 289 g/mol. The van der Waals surface area contributed by atoms with Gasteiger partial charge in [0.2, 0.25) is 0 Å². The predicted octanol–water partition coefficient (Wildman–Crippen LogP) is 3.25. The van der Waals surface area contributed by atoms with Crippen LogP contribution in [-0.2, 0) is 5.60 Å². The van der Waals surface area contributed by atoms with E-state index in [2.05, 4.69) is 6.08 Å². The first-order valence-electron chi connectivity index (χ1n) is 4.75. The van der Waals surface area contributed by atoms with Crippen LogP contribution < -0.4 is 0 Å². The zero-order valence-electron chi connectivity index (χ0n) is 8.49. The van der Waals surface area contributed by atoms with Crippen LogP contribution in [0.25, 0.3) is 0 Å². The van der Waals surface area contributed by atoms with Gasteiger partial charge < -0.3 is 10.2 Å². The molecule has 1 unspecified atom stereocenters. The maximum Gasteiger partial charge on any atom is 0.175 e. The Morgan fingerprint density at radius 3 is 2.41 bits per heavy atom. The molecule has 1 radical (unpaired) electrons. The van der Waals surface area contributed by atoms with Crippen LogP contribution in [0.5, 0.6) is 5.75 Å². The van der Waals surface area contributed by atoms with Gasteiger partial charge in [-0.15, -0.1) is 0 Å². The SMILES string of the molecule is Oc1ccccc1C1(O)C(Cl)=C[C]=CC1(Cl)Cl. The van der Waals surface area contributed by atoms with Gasteiger partial charge in [-0.1, -0.05) is 53.0 Å². The van der Waals surface area contributed by atoms with Crippen molar-refractivity contribution in [2.75, 3.05) is 0 Å². The van der Waals surface area contributed by atoms with Gasteiger partial charge in [0.05, 0.1) is 5.03 Å². The van der Waals surface area contributed by atoms with Gasteiger partial charge in [0.1, 0.15) is 5.75 Å². The minimum absolute atomic E-state index is 0.00787. The maximum absolute atomic E-state index is 10.6. The maximum atomic E-state index is 10.6. The number of hydrogen-bond acceptors (Lipinski definition) is 2. The van der Waals surface area contributed by atoms with E-state index >= 15 is 0 Å². The number of phenols is 1. The van der Waals surface area contributed by atoms with Crippen molar-refractivity contribution in [3.8, 4) is 5.75 Å². The van der Waals surface area contributed by atoms with Crippen molar-refractivity contribution >= 4 is 34.8 Å². The van der Waals surface area contributed by atoms with Crippen LogP contribution in [0, 0.1) is 6.08 Å². The predicted molar refractivity (Wildman–Crippen MR) is 68.2 cm³/mol. The third-order valence-corrected chi connectivity index (χ3v) is 3.74. The lowest BCUT2D eigenvalue weighted by molar-refractivity contribution is 0.0748. The number of halogens is 3. The van der Waals surface area contributed by atoms with Crippen LogP contribution in [0.1, 0.15) is 5.56 Å². The normalized spacial score (nSPS) is 26.7. The Morgan fingerprint density at radius 1 is 1.18 bits per heavy atom. The summed E-state index contributed by atoms with van der Waals surface area (Å²) in [4.78, 5) is 0. The molecule has 2 nitrogen and oxygen atoms in total. The second kappa shape index (κ2) is 4.21. The lowest BCUT2D eigenvalue weighted by atomic mass is 9.85. The van der Waals surface area contributed by atoms with E-state index in [-0.39, 0.29) is 16.3 Å². The molecule has 2 rings (SSSR count). The van der Waals surface area contributed by atoms with Crippen LogP contribution >= 0.6 is 34.8 Å². The number of hydrogen-bond donors (Lipinski definition) is 2. The minimum atomic E-state index is -1.89. The summed E-state index contributed by atoms with van der Waals surface area (Å²) in [6, 6.07) is 6.19. The molecule has 0 aromatic heterocycles. The van der Waals surface area contributed by atoms with Gasteiger partial charge in [0.15, 0.2) is 9.93 Å². The molecule has 17 heavy (non-hydrogen) atoms. The van der Waals surface area contributed by atoms with E-state index in [1.165, 1.54) is 24.3 Å². The van der Waals surface area contributed by atoms with E-state index in [4.69, 9.17) is 34.8 Å². The van der Waals surface area contributed by atoms with Crippen LogP contribution in [0.3, 0.4) is 0 Å². The van der Waals surface area contributed by atoms with E-state index in [0.717, 1.165) is 0 Å². The minimum Gasteiger partial charge on any atom is -0.508 e. The highest BCUT2D eigenvalue weighted by Gasteiger charge is 2.53. The second-order valence-electron chi connectivity index (χ2n) is 3.65. The Balaban J connectivity index is 2.67. The highest BCUT2D eigenvalue weighted by atomic mass is 35.5. The number of allylic oxidation sites excluding steroid dienone is 2. The summed E-state index contributed by atoms with van der Waals surface area (Å²) in [7, 11) is 0. The number of alkyl halides is 2. The first kappa shape index (κ1) is 12.8. The van der Waals surface area contributed by atoms with Crippen molar-refractivity contribution in [1.29, 1.82) is 0 Å². The van der Waals surface area contributed by atoms with Gasteiger partial charge in [-0.3, -0.25) is 0 Å². The Kier molecular flexibility index (Phi) is 3.17. The van der Waals surface area contributed by atoms with Crippen LogP contribution in [0.15, 0.2) is 41.4 Å². The van der Waals surface area contributed by atoms with Gasteiger partial charge in [0, 0.05) is 5.56 Å². The molecule has 0 bridgehead atoms. The smallest absolute Gasteiger partial charge is 0.175 e. The largest absolute Gasteiger partial charge is 0.508 e. The van der Waals surface area contributed by atoms with Crippen molar-refractivity contribution in [1.82, 2.24) is 0 Å². The Labute approximate surface area is 114 Å². The molecular weight excluding hydrogens is 282 g/mol. The van der Waals surface area contributed by atoms with Crippen LogP contribution in [0.4, 0.5) is 0 Å². The van der Waals surface area contributed by atoms with E-state index in [9.17, 15) is 10.2 Å². The number of rotatable bonds is 1. The number of benzene rings is 1. The Bertz CT molecular complexity index is 508. The molecule has 1 aliphatic rings. The molecule has 0 saturated heterocycles. The summed E-state index contributed by atoms with van der Waals surface area (Å²) in [6.45, 7) is 0. The molecule has 89 valence electrons. The van der Waals surface area contributed by atoms with Gasteiger partial charge in [-0.05, 0) is 24.3 Å². The highest BCUT2D eigenvalue weighted by Crippen LogP contribution is 2.52. The average molecular weight is 291 g/mol. The zero-order chi connectivity index (χ0) is 12.7. The fourth-order valence-corrected chi connectivity index (χ4v) is 2.62. The van der Waals surface area contributed by atoms with Crippen molar-refractivity contribution < 1.29 is 10.2 Å². The number of aromatic hydroxyl groups is 1. The van der Waals surface area contributed by atoms with E-state index in [1.54, 1.807) is 12.1 Å². The van der Waals surface area contributed by atoms with Crippen molar-refractivity contribution in [3.63, 3.8) is 0 Å². The molecule has 2 N–H and O–H groups in total. The zero-order valence-corrected chi connectivity index (χ0v) is 10.8. The Morgan fingerprint density at radius 2 is 1.82 bits per heavy atom. The van der Waals surface area contributed by atoms with E-state index < -0.39 is 9.93 Å². The number of phenolic OH excluding ortho intramolecular Hbond substituents is 1. The van der Waals surface area contributed by atoms with Gasteiger partial charge in [0.25, 0.3) is 0 Å². The lowest BCUT2D eigenvalue weighted by Crippen LogP contribution is -2.44. The fraction of sp³-hybridized carbons (Fsp3) is 0.167. The molecule has 5 heteroatoms. The first-order valence-corrected chi connectivity index (χ1v) is 5.88. The van der Waals surface area contributed by atoms with Crippen LogP contribution in [-0.4, -0.2) is 14.5 Å². The average Bonchev–Trinajstić information content (AvgIpc) is 2.26. The van der Waals surface area contributed by atoms with E-state index in [0.29, 0.717) is 0 Å². The standard InChI is InChI=1S/C12H8Cl3O2/c13-10-6-3-7-11(14,15)12(10,17)8-4-1-2-5-9(8)16/h1-2,4-7,16-17H. The topological polar surface area (TPSA) is 40.5 Å². The van der Waals surface area contributed by atoms with Gasteiger partial charge in [-0.25, -0.2) is 0 Å². The molecule has 1 aromatic rings. The summed E-state index contributed by atoms with van der Waals surface area (Å²) in [5.74, 6) is -0.137. The second-order valence-corrected chi connectivity index (χ2v) is 5.45. The van der Waals surface area contributed by atoms with Gasteiger partial charge in [-0.2, -0.15) is 0 Å². The lowest BCUT2D eigenvalue weighted by Gasteiger charge is -2.38. The van der Waals surface area contributed by atoms with Crippen molar-refractivity contribution in [3.05, 3.63) is 53.1 Å². The molecule has 0 spiro atoms. The molecule has 0 heterocycles.